The smallest absolute Gasteiger partial charge is 0.291 e. The molecular weight excluding hydrogens is 409 g/mol. The molecule has 0 bridgehead atoms. The number of thiocarbonyl (C=S) groups is 1. The number of amides is 2. The average molecular weight is 424 g/mol. The Balaban J connectivity index is 1.56. The lowest BCUT2D eigenvalue weighted by Gasteiger charge is -2.28. The minimum absolute atomic E-state index is 0.0522. The number of benzene rings is 1. The fraction of sp³-hybridized carbons (Fsp3) is 0.278. The molecule has 1 aromatic carbocycles. The highest BCUT2D eigenvalue weighted by Crippen LogP contribution is 2.36. The standard InChI is InChI=1S/C18H15Cl2N3O3S/c19-11-9-10(21-16(24)14-6-7-15(20)26-14)4-5-12(11)23-17(25)13-3-1-2-8-22(13)18(23)27/h4-7,9,13H,1-3,8H2,(H,21,24). The monoisotopic (exact) mass is 423 g/mol. The van der Waals surface area contributed by atoms with Gasteiger partial charge in [-0.2, -0.15) is 0 Å². The SMILES string of the molecule is O=C(Nc1ccc(N2C(=O)C3CCCCN3C2=S)c(Cl)c1)c1ccc(Cl)o1. The van der Waals surface area contributed by atoms with Crippen LogP contribution in [0.1, 0.15) is 29.8 Å². The van der Waals surface area contributed by atoms with Crippen LogP contribution < -0.4 is 10.2 Å². The van der Waals surface area contributed by atoms with Crippen LogP contribution in [0.4, 0.5) is 11.4 Å². The van der Waals surface area contributed by atoms with Gasteiger partial charge in [0.25, 0.3) is 11.8 Å². The van der Waals surface area contributed by atoms with Crippen LogP contribution in [0.2, 0.25) is 10.2 Å². The number of hydrogen-bond donors (Lipinski definition) is 1. The van der Waals surface area contributed by atoms with Crippen LogP contribution in [0.25, 0.3) is 0 Å². The van der Waals surface area contributed by atoms with Crippen molar-refractivity contribution in [3.63, 3.8) is 0 Å². The first-order chi connectivity index (χ1) is 13.0. The van der Waals surface area contributed by atoms with E-state index in [2.05, 4.69) is 5.32 Å². The molecule has 2 aliphatic rings. The highest BCUT2D eigenvalue weighted by molar-refractivity contribution is 7.80. The van der Waals surface area contributed by atoms with Crippen LogP contribution in [0.3, 0.4) is 0 Å². The van der Waals surface area contributed by atoms with Crippen molar-refractivity contribution in [2.45, 2.75) is 25.3 Å². The van der Waals surface area contributed by atoms with Gasteiger partial charge in [-0.15, -0.1) is 0 Å². The summed E-state index contributed by atoms with van der Waals surface area (Å²) in [6, 6.07) is 7.68. The van der Waals surface area contributed by atoms with E-state index in [-0.39, 0.29) is 22.9 Å². The Morgan fingerprint density at radius 2 is 2.04 bits per heavy atom. The molecule has 27 heavy (non-hydrogen) atoms. The highest BCUT2D eigenvalue weighted by atomic mass is 35.5. The number of furan rings is 1. The van der Waals surface area contributed by atoms with Crippen LogP contribution in [-0.2, 0) is 4.79 Å². The van der Waals surface area contributed by atoms with Crippen molar-refractivity contribution in [3.05, 3.63) is 46.3 Å². The molecule has 0 radical (unpaired) electrons. The third kappa shape index (κ3) is 3.31. The molecule has 1 unspecified atom stereocenters. The lowest BCUT2D eigenvalue weighted by molar-refractivity contribution is -0.120. The Morgan fingerprint density at radius 3 is 2.70 bits per heavy atom. The van der Waals surface area contributed by atoms with Gasteiger partial charge in [-0.1, -0.05) is 11.6 Å². The number of hydrogen-bond acceptors (Lipinski definition) is 4. The van der Waals surface area contributed by atoms with E-state index >= 15 is 0 Å². The summed E-state index contributed by atoms with van der Waals surface area (Å²) in [6.45, 7) is 0.781. The lowest BCUT2D eigenvalue weighted by Crippen LogP contribution is -2.38. The normalized spacial score (nSPS) is 19.4. The average Bonchev–Trinajstić information content (AvgIpc) is 3.19. The van der Waals surface area contributed by atoms with Gasteiger partial charge in [0.2, 0.25) is 0 Å². The van der Waals surface area contributed by atoms with E-state index in [4.69, 9.17) is 39.8 Å². The molecule has 9 heteroatoms. The fourth-order valence-corrected chi connectivity index (χ4v) is 4.22. The van der Waals surface area contributed by atoms with E-state index < -0.39 is 5.91 Å². The molecule has 2 aromatic rings. The molecule has 2 aliphatic heterocycles. The zero-order chi connectivity index (χ0) is 19.1. The number of halogens is 2. The Bertz CT molecular complexity index is 922. The molecule has 140 valence electrons. The van der Waals surface area contributed by atoms with E-state index in [1.54, 1.807) is 18.2 Å². The van der Waals surface area contributed by atoms with E-state index in [0.717, 1.165) is 25.8 Å². The van der Waals surface area contributed by atoms with Gasteiger partial charge in [-0.05, 0) is 73.4 Å². The predicted molar refractivity (Wildman–Crippen MR) is 108 cm³/mol. The van der Waals surface area contributed by atoms with E-state index in [9.17, 15) is 9.59 Å². The van der Waals surface area contributed by atoms with Gasteiger partial charge >= 0.3 is 0 Å². The van der Waals surface area contributed by atoms with Crippen molar-refractivity contribution in [2.75, 3.05) is 16.8 Å². The minimum Gasteiger partial charge on any atom is -0.440 e. The molecule has 2 saturated heterocycles. The summed E-state index contributed by atoms with van der Waals surface area (Å²) in [7, 11) is 0. The third-order valence-corrected chi connectivity index (χ3v) is 5.61. The van der Waals surface area contributed by atoms with Gasteiger partial charge in [0.1, 0.15) is 6.04 Å². The zero-order valence-electron chi connectivity index (χ0n) is 14.1. The highest BCUT2D eigenvalue weighted by Gasteiger charge is 2.44. The lowest BCUT2D eigenvalue weighted by atomic mass is 10.0. The molecule has 0 spiro atoms. The minimum atomic E-state index is -0.449. The molecule has 2 fully saturated rings. The van der Waals surface area contributed by atoms with Crippen molar-refractivity contribution < 1.29 is 14.0 Å². The van der Waals surface area contributed by atoms with Crippen LogP contribution in [0.5, 0.6) is 0 Å². The van der Waals surface area contributed by atoms with Crippen molar-refractivity contribution in [3.8, 4) is 0 Å². The Morgan fingerprint density at radius 1 is 1.22 bits per heavy atom. The number of carbonyl (C=O) groups excluding carboxylic acids is 2. The number of anilines is 2. The second kappa shape index (κ2) is 7.14. The van der Waals surface area contributed by atoms with Gasteiger partial charge in [-0.3, -0.25) is 14.5 Å². The summed E-state index contributed by atoms with van der Waals surface area (Å²) in [5.74, 6) is -0.410. The van der Waals surface area contributed by atoms with Crippen LogP contribution >= 0.6 is 35.4 Å². The van der Waals surface area contributed by atoms with Crippen molar-refractivity contribution >= 4 is 63.7 Å². The number of carbonyl (C=O) groups is 2. The fourth-order valence-electron chi connectivity index (χ4n) is 3.41. The summed E-state index contributed by atoms with van der Waals surface area (Å²) < 4.78 is 5.08. The third-order valence-electron chi connectivity index (χ3n) is 4.69. The molecule has 1 atom stereocenters. The Labute approximate surface area is 171 Å². The zero-order valence-corrected chi connectivity index (χ0v) is 16.4. The molecule has 3 heterocycles. The first kappa shape index (κ1) is 18.3. The van der Waals surface area contributed by atoms with Crippen LogP contribution in [-0.4, -0.2) is 34.4 Å². The summed E-state index contributed by atoms with van der Waals surface area (Å²) >= 11 is 17.6. The molecule has 4 rings (SSSR count). The van der Waals surface area contributed by atoms with Crippen LogP contribution in [0, 0.1) is 0 Å². The van der Waals surface area contributed by atoms with Gasteiger partial charge in [0.05, 0.1) is 10.7 Å². The second-order valence-corrected chi connectivity index (χ2v) is 7.53. The number of piperidine rings is 1. The maximum absolute atomic E-state index is 12.8. The molecular formula is C18H15Cl2N3O3S. The van der Waals surface area contributed by atoms with Gasteiger partial charge in [-0.25, -0.2) is 0 Å². The van der Waals surface area contributed by atoms with E-state index in [1.807, 2.05) is 4.90 Å². The quantitative estimate of drug-likeness (QED) is 0.744. The second-order valence-electron chi connectivity index (χ2n) is 6.39. The number of nitrogens with zero attached hydrogens (tertiary/aromatic N) is 2. The first-order valence-corrected chi connectivity index (χ1v) is 9.63. The van der Waals surface area contributed by atoms with Crippen LogP contribution in [0.15, 0.2) is 34.7 Å². The number of fused-ring (bicyclic) bond motifs is 1. The maximum atomic E-state index is 12.8. The largest absolute Gasteiger partial charge is 0.440 e. The number of nitrogens with one attached hydrogen (secondary N) is 1. The summed E-state index contributed by atoms with van der Waals surface area (Å²) in [5, 5.41) is 3.61. The Kier molecular flexibility index (Phi) is 4.84. The van der Waals surface area contributed by atoms with E-state index in [1.165, 1.54) is 17.0 Å². The van der Waals surface area contributed by atoms with Crippen molar-refractivity contribution in [1.29, 1.82) is 0 Å². The molecule has 1 N–H and O–H groups in total. The maximum Gasteiger partial charge on any atom is 0.291 e. The predicted octanol–water partition coefficient (Wildman–Crippen LogP) is 4.32. The van der Waals surface area contributed by atoms with Crippen molar-refractivity contribution in [2.24, 2.45) is 0 Å². The topological polar surface area (TPSA) is 65.8 Å². The summed E-state index contributed by atoms with van der Waals surface area (Å²) in [4.78, 5) is 28.4. The molecule has 1 aromatic heterocycles. The van der Waals surface area contributed by atoms with Gasteiger partial charge in [0, 0.05) is 12.2 Å². The first-order valence-electron chi connectivity index (χ1n) is 8.46. The summed E-state index contributed by atoms with van der Waals surface area (Å²) in [6.07, 6.45) is 2.83. The van der Waals surface area contributed by atoms with Crippen molar-refractivity contribution in [1.82, 2.24) is 4.90 Å². The summed E-state index contributed by atoms with van der Waals surface area (Å²) in [5.41, 5.74) is 0.983. The molecule has 6 nitrogen and oxygen atoms in total. The molecule has 0 saturated carbocycles. The Hall–Kier alpha value is -2.09. The van der Waals surface area contributed by atoms with E-state index in [0.29, 0.717) is 21.5 Å². The molecule has 2 amide bonds. The van der Waals surface area contributed by atoms with Gasteiger partial charge < -0.3 is 14.6 Å². The number of rotatable bonds is 3. The molecule has 0 aliphatic carbocycles. The van der Waals surface area contributed by atoms with Gasteiger partial charge in [0.15, 0.2) is 16.1 Å².